The number of carboxylic acid groups (broad SMARTS) is 1. The van der Waals surface area contributed by atoms with Crippen LogP contribution in [-0.4, -0.2) is 29.9 Å². The summed E-state index contributed by atoms with van der Waals surface area (Å²) >= 11 is 0. The van der Waals surface area contributed by atoms with Crippen LogP contribution in [0.4, 0.5) is 0 Å². The first kappa shape index (κ1) is 18.3. The van der Waals surface area contributed by atoms with Crippen LogP contribution in [0.25, 0.3) is 0 Å². The minimum absolute atomic E-state index is 0.0881. The van der Waals surface area contributed by atoms with E-state index in [0.29, 0.717) is 12.0 Å². The van der Waals surface area contributed by atoms with Crippen molar-refractivity contribution >= 4 is 11.8 Å². The van der Waals surface area contributed by atoms with E-state index >= 15 is 0 Å². The largest absolute Gasteiger partial charge is 0.478 e. The summed E-state index contributed by atoms with van der Waals surface area (Å²) < 4.78 is 0. The fourth-order valence-corrected chi connectivity index (χ4v) is 1.63. The van der Waals surface area contributed by atoms with E-state index in [4.69, 9.17) is 5.11 Å². The number of Topliss-reactive ketones (excluding diaryl/α,β-unsaturated/α-hetero) is 1. The molecule has 0 aliphatic rings. The number of benzene rings is 1. The van der Waals surface area contributed by atoms with Crippen LogP contribution in [0.3, 0.4) is 0 Å². The van der Waals surface area contributed by atoms with E-state index < -0.39 is 5.97 Å². The molecule has 0 bridgehead atoms. The monoisotopic (exact) mass is 279 g/mol. The Labute approximate surface area is 121 Å². The van der Waals surface area contributed by atoms with Gasteiger partial charge in [-0.05, 0) is 25.6 Å². The molecule has 4 nitrogen and oxygen atoms in total. The van der Waals surface area contributed by atoms with Crippen molar-refractivity contribution in [3.05, 3.63) is 35.4 Å². The van der Waals surface area contributed by atoms with Gasteiger partial charge in [0.15, 0.2) is 5.78 Å². The summed E-state index contributed by atoms with van der Waals surface area (Å²) in [5, 5.41) is 12.0. The Balaban J connectivity index is 0.000000621. The lowest BCUT2D eigenvalue weighted by molar-refractivity contribution is 0.0691. The Morgan fingerprint density at radius 1 is 1.05 bits per heavy atom. The molecule has 0 aliphatic carbocycles. The molecular weight excluding hydrogens is 254 g/mol. The highest BCUT2D eigenvalue weighted by molar-refractivity contribution is 6.05. The number of hydrogen-bond donors (Lipinski definition) is 2. The first-order valence-electron chi connectivity index (χ1n) is 7.14. The summed E-state index contributed by atoms with van der Waals surface area (Å²) in [6, 6.07) is 6.34. The Bertz CT molecular complexity index is 414. The maximum Gasteiger partial charge on any atom is 0.336 e. The van der Waals surface area contributed by atoms with Gasteiger partial charge in [-0.25, -0.2) is 4.79 Å². The number of hydrogen-bond acceptors (Lipinski definition) is 3. The molecule has 0 unspecified atom stereocenters. The minimum Gasteiger partial charge on any atom is -0.478 e. The van der Waals surface area contributed by atoms with Crippen molar-refractivity contribution in [2.75, 3.05) is 13.1 Å². The van der Waals surface area contributed by atoms with Crippen molar-refractivity contribution in [1.82, 2.24) is 5.32 Å². The molecule has 0 fully saturated rings. The minimum atomic E-state index is -1.05. The summed E-state index contributed by atoms with van der Waals surface area (Å²) in [6.07, 6.45) is 2.15. The number of rotatable bonds is 7. The van der Waals surface area contributed by atoms with Gasteiger partial charge in [-0.3, -0.25) is 4.79 Å². The number of carboxylic acids is 1. The fraction of sp³-hybridized carbons (Fsp3) is 0.500. The highest BCUT2D eigenvalue weighted by Crippen LogP contribution is 2.12. The van der Waals surface area contributed by atoms with Crippen LogP contribution in [0.5, 0.6) is 0 Å². The molecule has 0 aliphatic heterocycles. The lowest BCUT2D eigenvalue weighted by Gasteiger charge is -2.03. The summed E-state index contributed by atoms with van der Waals surface area (Å²) in [5.41, 5.74) is 0.414. The molecule has 0 saturated carbocycles. The lowest BCUT2D eigenvalue weighted by Crippen LogP contribution is -2.09. The lowest BCUT2D eigenvalue weighted by atomic mass is 10.0. The van der Waals surface area contributed by atoms with Crippen molar-refractivity contribution in [3.63, 3.8) is 0 Å². The summed E-state index contributed by atoms with van der Waals surface area (Å²) in [6.45, 7) is 8.39. The van der Waals surface area contributed by atoms with E-state index in [9.17, 15) is 9.59 Å². The molecule has 0 spiro atoms. The zero-order chi connectivity index (χ0) is 15.4. The van der Waals surface area contributed by atoms with Gasteiger partial charge in [-0.2, -0.15) is 0 Å². The SMILES string of the molecule is CCCCC(=O)c1ccccc1C(=O)O.CCNCC. The quantitative estimate of drug-likeness (QED) is 0.751. The molecule has 1 rings (SSSR count). The van der Waals surface area contributed by atoms with Crippen molar-refractivity contribution in [2.45, 2.75) is 40.0 Å². The molecule has 1 aromatic rings. The number of ketones is 1. The van der Waals surface area contributed by atoms with Crippen LogP contribution in [0, 0.1) is 0 Å². The number of carbonyl (C=O) groups is 2. The number of carbonyl (C=O) groups excluding carboxylic acids is 1. The van der Waals surface area contributed by atoms with Crippen LogP contribution in [0.15, 0.2) is 24.3 Å². The predicted octanol–water partition coefficient (Wildman–Crippen LogP) is 3.37. The molecular formula is C16H25NO3. The number of nitrogens with one attached hydrogen (secondary N) is 1. The Hall–Kier alpha value is -1.68. The van der Waals surface area contributed by atoms with E-state index in [2.05, 4.69) is 19.2 Å². The predicted molar refractivity (Wildman–Crippen MR) is 81.5 cm³/mol. The van der Waals surface area contributed by atoms with Crippen LogP contribution in [0.2, 0.25) is 0 Å². The van der Waals surface area contributed by atoms with Crippen LogP contribution in [0.1, 0.15) is 60.7 Å². The second-order valence-electron chi connectivity index (χ2n) is 4.33. The zero-order valence-corrected chi connectivity index (χ0v) is 12.6. The summed E-state index contributed by atoms with van der Waals surface area (Å²) in [7, 11) is 0. The Kier molecular flexibility index (Phi) is 10.2. The highest BCUT2D eigenvalue weighted by atomic mass is 16.4. The molecule has 0 aromatic heterocycles. The zero-order valence-electron chi connectivity index (χ0n) is 12.6. The molecule has 0 radical (unpaired) electrons. The van der Waals surface area contributed by atoms with Crippen molar-refractivity contribution in [1.29, 1.82) is 0 Å². The molecule has 0 heterocycles. The molecule has 0 saturated heterocycles. The molecule has 2 N–H and O–H groups in total. The van der Waals surface area contributed by atoms with Gasteiger partial charge >= 0.3 is 5.97 Å². The van der Waals surface area contributed by atoms with Crippen LogP contribution in [-0.2, 0) is 0 Å². The third-order valence-electron chi connectivity index (χ3n) is 2.72. The van der Waals surface area contributed by atoms with Crippen molar-refractivity contribution in [2.24, 2.45) is 0 Å². The number of unbranched alkanes of at least 4 members (excludes halogenated alkanes) is 1. The first-order chi connectivity index (χ1) is 9.58. The Morgan fingerprint density at radius 2 is 1.60 bits per heavy atom. The van der Waals surface area contributed by atoms with Gasteiger partial charge in [0.1, 0.15) is 0 Å². The maximum atomic E-state index is 11.7. The average molecular weight is 279 g/mol. The topological polar surface area (TPSA) is 66.4 Å². The van der Waals surface area contributed by atoms with Gasteiger partial charge in [0.05, 0.1) is 5.56 Å². The Morgan fingerprint density at radius 3 is 2.00 bits per heavy atom. The molecule has 112 valence electrons. The molecule has 1 aromatic carbocycles. The second-order valence-corrected chi connectivity index (χ2v) is 4.33. The standard InChI is InChI=1S/C12H14O3.C4H11N/c1-2-3-8-11(13)9-6-4-5-7-10(9)12(14)15;1-3-5-4-2/h4-7H,2-3,8H2,1H3,(H,14,15);5H,3-4H2,1-2H3. The highest BCUT2D eigenvalue weighted by Gasteiger charge is 2.14. The van der Waals surface area contributed by atoms with Crippen molar-refractivity contribution < 1.29 is 14.7 Å². The smallest absolute Gasteiger partial charge is 0.336 e. The van der Waals surface area contributed by atoms with E-state index in [0.717, 1.165) is 25.9 Å². The van der Waals surface area contributed by atoms with E-state index in [1.807, 2.05) is 6.92 Å². The molecule has 20 heavy (non-hydrogen) atoms. The van der Waals surface area contributed by atoms with Gasteiger partial charge in [-0.1, -0.05) is 45.4 Å². The van der Waals surface area contributed by atoms with E-state index in [-0.39, 0.29) is 11.3 Å². The van der Waals surface area contributed by atoms with E-state index in [1.54, 1.807) is 18.2 Å². The van der Waals surface area contributed by atoms with Gasteiger partial charge in [0.2, 0.25) is 0 Å². The molecule has 4 heteroatoms. The second kappa shape index (κ2) is 11.2. The van der Waals surface area contributed by atoms with Gasteiger partial charge in [-0.15, -0.1) is 0 Å². The summed E-state index contributed by atoms with van der Waals surface area (Å²) in [4.78, 5) is 22.5. The van der Waals surface area contributed by atoms with Crippen molar-refractivity contribution in [3.8, 4) is 0 Å². The average Bonchev–Trinajstić information content (AvgIpc) is 2.46. The summed E-state index contributed by atoms with van der Waals surface area (Å²) in [5.74, 6) is -1.13. The maximum absolute atomic E-state index is 11.7. The normalized spacial score (nSPS) is 9.55. The molecule has 0 amide bonds. The van der Waals surface area contributed by atoms with E-state index in [1.165, 1.54) is 6.07 Å². The van der Waals surface area contributed by atoms with Crippen LogP contribution < -0.4 is 5.32 Å². The van der Waals surface area contributed by atoms with Gasteiger partial charge in [0.25, 0.3) is 0 Å². The molecule has 0 atom stereocenters. The van der Waals surface area contributed by atoms with Gasteiger partial charge < -0.3 is 10.4 Å². The third-order valence-corrected chi connectivity index (χ3v) is 2.72. The number of aromatic carboxylic acids is 1. The van der Waals surface area contributed by atoms with Gasteiger partial charge in [0, 0.05) is 12.0 Å². The first-order valence-corrected chi connectivity index (χ1v) is 7.14. The fourth-order valence-electron chi connectivity index (χ4n) is 1.63. The third kappa shape index (κ3) is 7.04. The van der Waals surface area contributed by atoms with Crippen LogP contribution >= 0.6 is 0 Å².